The number of rotatable bonds is 8. The summed E-state index contributed by atoms with van der Waals surface area (Å²) in [7, 11) is 1.31. The van der Waals surface area contributed by atoms with Crippen LogP contribution in [0, 0.1) is 11.3 Å². The van der Waals surface area contributed by atoms with Gasteiger partial charge in [-0.1, -0.05) is 60.7 Å². The van der Waals surface area contributed by atoms with E-state index in [0.717, 1.165) is 11.1 Å². The minimum Gasteiger partial charge on any atom is -0.469 e. The molecule has 0 radical (unpaired) electrons. The maximum Gasteiger partial charge on any atom is 0.307 e. The van der Waals surface area contributed by atoms with Crippen LogP contribution in [-0.4, -0.2) is 25.5 Å². The molecule has 0 bridgehead atoms. The number of hydrogen-bond acceptors (Lipinski definition) is 5. The molecule has 2 N–H and O–H groups in total. The minimum atomic E-state index is -0.499. The van der Waals surface area contributed by atoms with Crippen molar-refractivity contribution in [2.45, 2.75) is 12.5 Å². The molecular formula is C21H21N3O3. The van der Waals surface area contributed by atoms with E-state index < -0.39 is 5.91 Å². The molecule has 0 heterocycles. The second-order valence-corrected chi connectivity index (χ2v) is 5.68. The fourth-order valence-corrected chi connectivity index (χ4v) is 2.46. The summed E-state index contributed by atoms with van der Waals surface area (Å²) in [5.41, 5.74) is 1.75. The van der Waals surface area contributed by atoms with Crippen molar-refractivity contribution in [3.8, 4) is 6.07 Å². The molecule has 2 rings (SSSR count). The van der Waals surface area contributed by atoms with Crippen molar-refractivity contribution >= 4 is 11.9 Å². The van der Waals surface area contributed by atoms with Crippen LogP contribution >= 0.6 is 0 Å². The Kier molecular flexibility index (Phi) is 7.61. The molecule has 0 atom stereocenters. The van der Waals surface area contributed by atoms with Crippen molar-refractivity contribution in [3.63, 3.8) is 0 Å². The highest BCUT2D eigenvalue weighted by atomic mass is 16.5. The van der Waals surface area contributed by atoms with Gasteiger partial charge in [0.2, 0.25) is 0 Å². The van der Waals surface area contributed by atoms with E-state index in [4.69, 9.17) is 0 Å². The third-order valence-corrected chi connectivity index (χ3v) is 3.85. The molecule has 2 aromatic carbocycles. The Bertz CT molecular complexity index is 787. The summed E-state index contributed by atoms with van der Waals surface area (Å²) < 4.78 is 4.54. The molecule has 138 valence electrons. The van der Waals surface area contributed by atoms with Gasteiger partial charge >= 0.3 is 5.97 Å². The molecule has 0 aliphatic heterocycles. The third kappa shape index (κ3) is 6.01. The molecule has 0 aromatic heterocycles. The van der Waals surface area contributed by atoms with Crippen LogP contribution in [0.15, 0.2) is 72.4 Å². The quantitative estimate of drug-likeness (QED) is 0.325. The number of ether oxygens (including phenoxy) is 1. The Morgan fingerprint density at radius 2 is 1.63 bits per heavy atom. The Balaban J connectivity index is 2.12. The fraction of sp³-hybridized carbons (Fsp3) is 0.190. The lowest BCUT2D eigenvalue weighted by molar-refractivity contribution is -0.140. The normalized spacial score (nSPS) is 10.8. The smallest absolute Gasteiger partial charge is 0.307 e. The van der Waals surface area contributed by atoms with E-state index >= 15 is 0 Å². The summed E-state index contributed by atoms with van der Waals surface area (Å²) in [6, 6.07) is 20.6. The largest absolute Gasteiger partial charge is 0.469 e. The monoisotopic (exact) mass is 363 g/mol. The average Bonchev–Trinajstić information content (AvgIpc) is 2.73. The Hall–Kier alpha value is -3.59. The molecule has 27 heavy (non-hydrogen) atoms. The summed E-state index contributed by atoms with van der Waals surface area (Å²) in [5.74, 6) is -0.868. The van der Waals surface area contributed by atoms with Crippen LogP contribution in [-0.2, 0) is 14.3 Å². The molecule has 0 fully saturated rings. The van der Waals surface area contributed by atoms with Crippen molar-refractivity contribution in [2.75, 3.05) is 13.7 Å². The maximum atomic E-state index is 12.6. The molecule has 0 saturated carbocycles. The molecule has 0 saturated heterocycles. The van der Waals surface area contributed by atoms with Gasteiger partial charge in [0.15, 0.2) is 0 Å². The SMILES string of the molecule is COC(=O)CCN/C=C(/C#N)C(=O)NC(c1ccccc1)c1ccccc1. The first kappa shape index (κ1) is 19.7. The Labute approximate surface area is 158 Å². The van der Waals surface area contributed by atoms with Crippen LogP contribution in [0.25, 0.3) is 0 Å². The first-order valence-electron chi connectivity index (χ1n) is 8.47. The van der Waals surface area contributed by atoms with Gasteiger partial charge in [-0.05, 0) is 11.1 Å². The predicted octanol–water partition coefficient (Wildman–Crippen LogP) is 2.45. The summed E-state index contributed by atoms with van der Waals surface area (Å²) in [5, 5.41) is 15.0. The number of nitrogens with zero attached hydrogens (tertiary/aromatic N) is 1. The minimum absolute atomic E-state index is 0.0725. The van der Waals surface area contributed by atoms with Crippen molar-refractivity contribution in [2.24, 2.45) is 0 Å². The summed E-state index contributed by atoms with van der Waals surface area (Å²) in [4.78, 5) is 23.7. The third-order valence-electron chi connectivity index (χ3n) is 3.85. The van der Waals surface area contributed by atoms with Gasteiger partial charge in [-0.15, -0.1) is 0 Å². The topological polar surface area (TPSA) is 91.2 Å². The van der Waals surface area contributed by atoms with E-state index in [9.17, 15) is 14.9 Å². The molecule has 1 amide bonds. The van der Waals surface area contributed by atoms with Crippen LogP contribution < -0.4 is 10.6 Å². The van der Waals surface area contributed by atoms with E-state index in [1.807, 2.05) is 66.7 Å². The second kappa shape index (κ2) is 10.4. The molecule has 0 unspecified atom stereocenters. The molecule has 0 aliphatic carbocycles. The zero-order chi connectivity index (χ0) is 19.5. The van der Waals surface area contributed by atoms with Crippen LogP contribution in [0.5, 0.6) is 0 Å². The lowest BCUT2D eigenvalue weighted by Crippen LogP contribution is -2.31. The maximum absolute atomic E-state index is 12.6. The van der Waals surface area contributed by atoms with Crippen molar-refractivity contribution < 1.29 is 14.3 Å². The van der Waals surface area contributed by atoms with Gasteiger partial charge in [-0.25, -0.2) is 0 Å². The van der Waals surface area contributed by atoms with Gasteiger partial charge in [-0.3, -0.25) is 9.59 Å². The van der Waals surface area contributed by atoms with Gasteiger partial charge in [0.25, 0.3) is 5.91 Å². The number of carbonyl (C=O) groups is 2. The molecule has 0 aliphatic rings. The highest BCUT2D eigenvalue weighted by Gasteiger charge is 2.19. The highest BCUT2D eigenvalue weighted by molar-refractivity contribution is 5.97. The van der Waals surface area contributed by atoms with Crippen LogP contribution in [0.3, 0.4) is 0 Å². The van der Waals surface area contributed by atoms with Crippen molar-refractivity contribution in [1.82, 2.24) is 10.6 Å². The van der Waals surface area contributed by atoms with Gasteiger partial charge in [0, 0.05) is 12.7 Å². The first-order chi connectivity index (χ1) is 13.2. The molecule has 6 nitrogen and oxygen atoms in total. The first-order valence-corrected chi connectivity index (χ1v) is 8.47. The van der Waals surface area contributed by atoms with Crippen molar-refractivity contribution in [3.05, 3.63) is 83.6 Å². The van der Waals surface area contributed by atoms with Gasteiger partial charge in [-0.2, -0.15) is 5.26 Å². The molecule has 0 spiro atoms. The van der Waals surface area contributed by atoms with Gasteiger partial charge in [0.1, 0.15) is 11.6 Å². The summed E-state index contributed by atoms with van der Waals surface area (Å²) >= 11 is 0. The molecule has 6 heteroatoms. The zero-order valence-electron chi connectivity index (χ0n) is 15.0. The standard InChI is InChI=1S/C21H21N3O3/c1-27-19(25)12-13-23-15-18(14-22)21(26)24-20(16-8-4-2-5-9-16)17-10-6-3-7-11-17/h2-11,15,20,23H,12-13H2,1H3,(H,24,26)/b18-15-. The van der Waals surface area contributed by atoms with Crippen LogP contribution in [0.4, 0.5) is 0 Å². The number of amides is 1. The number of carbonyl (C=O) groups excluding carboxylic acids is 2. The van der Waals surface area contributed by atoms with E-state index in [2.05, 4.69) is 15.4 Å². The molecule has 2 aromatic rings. The number of methoxy groups -OCH3 is 1. The van der Waals surface area contributed by atoms with Crippen LogP contribution in [0.1, 0.15) is 23.6 Å². The van der Waals surface area contributed by atoms with Gasteiger partial charge < -0.3 is 15.4 Å². The zero-order valence-corrected chi connectivity index (χ0v) is 15.0. The Morgan fingerprint density at radius 3 is 2.11 bits per heavy atom. The summed E-state index contributed by atoms with van der Waals surface area (Å²) in [6.07, 6.45) is 1.45. The number of nitriles is 1. The van der Waals surface area contributed by atoms with Crippen LogP contribution in [0.2, 0.25) is 0 Å². The number of esters is 1. The lowest BCUT2D eigenvalue weighted by Gasteiger charge is -2.19. The van der Waals surface area contributed by atoms with E-state index in [1.54, 1.807) is 0 Å². The van der Waals surface area contributed by atoms with E-state index in [1.165, 1.54) is 13.3 Å². The second-order valence-electron chi connectivity index (χ2n) is 5.68. The number of hydrogen-bond donors (Lipinski definition) is 2. The lowest BCUT2D eigenvalue weighted by atomic mass is 9.98. The van der Waals surface area contributed by atoms with Gasteiger partial charge in [0.05, 0.1) is 19.6 Å². The number of benzene rings is 2. The fourth-order valence-electron chi connectivity index (χ4n) is 2.46. The molecular weight excluding hydrogens is 342 g/mol. The summed E-state index contributed by atoms with van der Waals surface area (Å²) in [6.45, 7) is 0.270. The van der Waals surface area contributed by atoms with Crippen molar-refractivity contribution in [1.29, 1.82) is 5.26 Å². The number of nitrogens with one attached hydrogen (secondary N) is 2. The predicted molar refractivity (Wildman–Crippen MR) is 101 cm³/mol. The highest BCUT2D eigenvalue weighted by Crippen LogP contribution is 2.22. The Morgan fingerprint density at radius 1 is 1.07 bits per heavy atom. The van der Waals surface area contributed by atoms with E-state index in [-0.39, 0.29) is 30.5 Å². The van der Waals surface area contributed by atoms with E-state index in [0.29, 0.717) is 0 Å². The average molecular weight is 363 g/mol.